The summed E-state index contributed by atoms with van der Waals surface area (Å²) in [6, 6.07) is 1.81. The molecule has 0 saturated heterocycles. The van der Waals surface area contributed by atoms with Gasteiger partial charge in [-0.05, 0) is 34.6 Å². The lowest BCUT2D eigenvalue weighted by atomic mass is 10.3. The average molecular weight is 336 g/mol. The standard InChI is InChI=1S/C15H20N4O3S/c1-8(2)19-12(6-7-16-19)18-14(20)10(4)22-15(21)13-9(3)17-11(5)23-13/h6-8,10H,1-5H3,(H,18,20)/t10-/m1/s1. The molecule has 2 rings (SSSR count). The number of aryl methyl sites for hydroxylation is 2. The van der Waals surface area contributed by atoms with E-state index in [4.69, 9.17) is 4.74 Å². The molecule has 2 heterocycles. The van der Waals surface area contributed by atoms with Crippen molar-refractivity contribution < 1.29 is 14.3 Å². The maximum atomic E-state index is 12.2. The zero-order chi connectivity index (χ0) is 17.1. The predicted octanol–water partition coefficient (Wildman–Crippen LogP) is 2.72. The van der Waals surface area contributed by atoms with Crippen molar-refractivity contribution in [3.05, 3.63) is 27.8 Å². The van der Waals surface area contributed by atoms with E-state index in [-0.39, 0.29) is 6.04 Å². The van der Waals surface area contributed by atoms with Gasteiger partial charge in [0.25, 0.3) is 5.91 Å². The number of anilines is 1. The highest BCUT2D eigenvalue weighted by atomic mass is 32.1. The van der Waals surface area contributed by atoms with Crippen LogP contribution >= 0.6 is 11.3 Å². The van der Waals surface area contributed by atoms with E-state index in [9.17, 15) is 9.59 Å². The molecule has 2 aromatic heterocycles. The molecule has 0 aliphatic rings. The molecule has 0 bridgehead atoms. The molecule has 8 heteroatoms. The van der Waals surface area contributed by atoms with Gasteiger partial charge in [-0.25, -0.2) is 14.5 Å². The second kappa shape index (κ2) is 6.91. The highest BCUT2D eigenvalue weighted by Crippen LogP contribution is 2.19. The Labute approximate surface area is 138 Å². The smallest absolute Gasteiger partial charge is 0.351 e. The molecular formula is C15H20N4O3S. The summed E-state index contributed by atoms with van der Waals surface area (Å²) in [5.41, 5.74) is 0.614. The van der Waals surface area contributed by atoms with E-state index in [0.717, 1.165) is 5.01 Å². The first-order valence-electron chi connectivity index (χ1n) is 7.29. The minimum atomic E-state index is -0.917. The van der Waals surface area contributed by atoms with Crippen molar-refractivity contribution in [2.75, 3.05) is 5.32 Å². The number of ether oxygens (including phenoxy) is 1. The molecule has 0 saturated carbocycles. The van der Waals surface area contributed by atoms with E-state index in [1.807, 2.05) is 20.8 Å². The molecule has 0 unspecified atom stereocenters. The Hall–Kier alpha value is -2.22. The van der Waals surface area contributed by atoms with E-state index in [2.05, 4.69) is 15.4 Å². The van der Waals surface area contributed by atoms with Crippen molar-refractivity contribution in [1.29, 1.82) is 0 Å². The second-order valence-corrected chi connectivity index (χ2v) is 6.64. The summed E-state index contributed by atoms with van der Waals surface area (Å²) in [4.78, 5) is 28.9. The molecule has 0 spiro atoms. The number of esters is 1. The fraction of sp³-hybridized carbons (Fsp3) is 0.467. The van der Waals surface area contributed by atoms with Crippen molar-refractivity contribution in [1.82, 2.24) is 14.8 Å². The molecule has 2 aromatic rings. The molecule has 0 aromatic carbocycles. The van der Waals surface area contributed by atoms with Crippen LogP contribution in [-0.4, -0.2) is 32.7 Å². The van der Waals surface area contributed by atoms with Gasteiger partial charge < -0.3 is 10.1 Å². The quantitative estimate of drug-likeness (QED) is 0.849. The molecule has 1 atom stereocenters. The lowest BCUT2D eigenvalue weighted by molar-refractivity contribution is -0.123. The number of carbonyl (C=O) groups is 2. The zero-order valence-electron chi connectivity index (χ0n) is 13.8. The summed E-state index contributed by atoms with van der Waals surface area (Å²) < 4.78 is 6.91. The molecule has 1 amide bonds. The zero-order valence-corrected chi connectivity index (χ0v) is 14.6. The van der Waals surface area contributed by atoms with Crippen LogP contribution in [0.25, 0.3) is 0 Å². The van der Waals surface area contributed by atoms with E-state index in [1.54, 1.807) is 23.9 Å². The SMILES string of the molecule is Cc1nc(C)c(C(=O)O[C@H](C)C(=O)Nc2ccnn2C(C)C)s1. The van der Waals surface area contributed by atoms with Crippen molar-refractivity contribution in [3.8, 4) is 0 Å². The summed E-state index contributed by atoms with van der Waals surface area (Å²) in [6.45, 7) is 9.01. The average Bonchev–Trinajstić information content (AvgIpc) is 3.04. The molecule has 23 heavy (non-hydrogen) atoms. The van der Waals surface area contributed by atoms with Crippen molar-refractivity contribution >= 4 is 29.0 Å². The molecule has 0 radical (unpaired) electrons. The maximum absolute atomic E-state index is 12.2. The fourth-order valence-electron chi connectivity index (χ4n) is 2.04. The fourth-order valence-corrected chi connectivity index (χ4v) is 2.84. The molecule has 0 fully saturated rings. The van der Waals surface area contributed by atoms with E-state index < -0.39 is 18.0 Å². The maximum Gasteiger partial charge on any atom is 0.351 e. The van der Waals surface area contributed by atoms with Gasteiger partial charge >= 0.3 is 5.97 Å². The summed E-state index contributed by atoms with van der Waals surface area (Å²) in [6.07, 6.45) is 0.690. The van der Waals surface area contributed by atoms with Crippen molar-refractivity contribution in [2.24, 2.45) is 0 Å². The van der Waals surface area contributed by atoms with Crippen LogP contribution in [0.5, 0.6) is 0 Å². The Morgan fingerprint density at radius 2 is 2.00 bits per heavy atom. The topological polar surface area (TPSA) is 86.1 Å². The second-order valence-electron chi connectivity index (χ2n) is 5.44. The first kappa shape index (κ1) is 17.1. The molecule has 124 valence electrons. The van der Waals surface area contributed by atoms with Gasteiger partial charge in [-0.3, -0.25) is 4.79 Å². The van der Waals surface area contributed by atoms with Crippen molar-refractivity contribution in [2.45, 2.75) is 46.8 Å². The highest BCUT2D eigenvalue weighted by molar-refractivity contribution is 7.13. The lowest BCUT2D eigenvalue weighted by Crippen LogP contribution is -2.31. The third-order valence-electron chi connectivity index (χ3n) is 3.15. The number of hydrogen-bond donors (Lipinski definition) is 1. The van der Waals surface area contributed by atoms with Crippen molar-refractivity contribution in [3.63, 3.8) is 0 Å². The van der Waals surface area contributed by atoms with Crippen LogP contribution in [0.2, 0.25) is 0 Å². The third kappa shape index (κ3) is 3.95. The third-order valence-corrected chi connectivity index (χ3v) is 4.21. The monoisotopic (exact) mass is 336 g/mol. The molecule has 7 nitrogen and oxygen atoms in total. The Kier molecular flexibility index (Phi) is 5.15. The van der Waals surface area contributed by atoms with Crippen LogP contribution in [0.1, 0.15) is 47.2 Å². The van der Waals surface area contributed by atoms with Gasteiger partial charge in [-0.1, -0.05) is 0 Å². The van der Waals surface area contributed by atoms with E-state index in [0.29, 0.717) is 16.4 Å². The van der Waals surface area contributed by atoms with Crippen LogP contribution in [-0.2, 0) is 9.53 Å². The number of rotatable bonds is 5. The normalized spacial score (nSPS) is 12.3. The molecular weight excluding hydrogens is 316 g/mol. The van der Waals surface area contributed by atoms with Gasteiger partial charge in [0.15, 0.2) is 6.10 Å². The van der Waals surface area contributed by atoms with Gasteiger partial charge in [0.05, 0.1) is 16.9 Å². The number of amides is 1. The molecule has 0 aliphatic carbocycles. The minimum absolute atomic E-state index is 0.112. The summed E-state index contributed by atoms with van der Waals surface area (Å²) in [7, 11) is 0. The Morgan fingerprint density at radius 1 is 1.30 bits per heavy atom. The Balaban J connectivity index is 2.01. The van der Waals surface area contributed by atoms with Gasteiger partial charge in [0.2, 0.25) is 0 Å². The van der Waals surface area contributed by atoms with Crippen LogP contribution in [0.3, 0.4) is 0 Å². The van der Waals surface area contributed by atoms with Crippen LogP contribution in [0, 0.1) is 13.8 Å². The van der Waals surface area contributed by atoms with E-state index in [1.165, 1.54) is 18.3 Å². The van der Waals surface area contributed by atoms with Gasteiger partial charge in [0, 0.05) is 12.1 Å². The number of carbonyl (C=O) groups excluding carboxylic acids is 2. The van der Waals surface area contributed by atoms with Gasteiger partial charge in [0.1, 0.15) is 10.7 Å². The predicted molar refractivity (Wildman–Crippen MR) is 87.7 cm³/mol. The van der Waals surface area contributed by atoms with Crippen LogP contribution in [0.4, 0.5) is 5.82 Å². The van der Waals surface area contributed by atoms with Crippen LogP contribution < -0.4 is 5.32 Å². The number of nitrogens with one attached hydrogen (secondary N) is 1. The number of aromatic nitrogens is 3. The number of hydrogen-bond acceptors (Lipinski definition) is 6. The first-order chi connectivity index (χ1) is 10.8. The Morgan fingerprint density at radius 3 is 2.57 bits per heavy atom. The van der Waals surface area contributed by atoms with Gasteiger partial charge in [-0.2, -0.15) is 5.10 Å². The van der Waals surface area contributed by atoms with Crippen LogP contribution in [0.15, 0.2) is 12.3 Å². The lowest BCUT2D eigenvalue weighted by Gasteiger charge is -2.15. The number of nitrogens with zero attached hydrogens (tertiary/aromatic N) is 3. The highest BCUT2D eigenvalue weighted by Gasteiger charge is 2.23. The first-order valence-corrected chi connectivity index (χ1v) is 8.10. The summed E-state index contributed by atoms with van der Waals surface area (Å²) >= 11 is 1.26. The van der Waals surface area contributed by atoms with E-state index >= 15 is 0 Å². The number of thiazole rings is 1. The summed E-state index contributed by atoms with van der Waals surface area (Å²) in [5, 5.41) is 7.64. The van der Waals surface area contributed by atoms with Gasteiger partial charge in [-0.15, -0.1) is 11.3 Å². The molecule has 1 N–H and O–H groups in total. The summed E-state index contributed by atoms with van der Waals surface area (Å²) in [5.74, 6) is -0.370. The minimum Gasteiger partial charge on any atom is -0.448 e. The Bertz CT molecular complexity index is 720. The largest absolute Gasteiger partial charge is 0.448 e. The molecule has 0 aliphatic heterocycles.